The molecule has 1 aromatic carbocycles. The van der Waals surface area contributed by atoms with Crippen LogP contribution in [-0.4, -0.2) is 50.4 Å². The predicted octanol–water partition coefficient (Wildman–Crippen LogP) is 2.24. The number of ether oxygens (including phenoxy) is 1. The van der Waals surface area contributed by atoms with Crippen LogP contribution < -0.4 is 9.64 Å². The monoisotopic (exact) mass is 264 g/mol. The first-order chi connectivity index (χ1) is 9.29. The fraction of sp³-hybridized carbons (Fsp3) is 0.600. The van der Waals surface area contributed by atoms with Crippen molar-refractivity contribution in [3.05, 3.63) is 23.8 Å². The summed E-state index contributed by atoms with van der Waals surface area (Å²) in [4.78, 5) is 4.67. The molecule has 0 amide bonds. The van der Waals surface area contributed by atoms with Gasteiger partial charge in [0.2, 0.25) is 0 Å². The SMILES string of the molecule is Cc1cccc2c1OCC[C@H]1CN(CCF)CCN21. The summed E-state index contributed by atoms with van der Waals surface area (Å²) >= 11 is 0. The molecule has 0 unspecified atom stereocenters. The first kappa shape index (κ1) is 12.7. The molecule has 3 rings (SSSR count). The number of rotatable bonds is 2. The number of alkyl halides is 1. The first-order valence-electron chi connectivity index (χ1n) is 7.07. The van der Waals surface area contributed by atoms with E-state index in [-0.39, 0.29) is 6.67 Å². The molecule has 0 radical (unpaired) electrons. The number of aryl methyl sites for hydroxylation is 1. The minimum Gasteiger partial charge on any atom is -0.491 e. The third kappa shape index (κ3) is 2.41. The summed E-state index contributed by atoms with van der Waals surface area (Å²) in [6.07, 6.45) is 1.01. The van der Waals surface area contributed by atoms with Crippen molar-refractivity contribution in [1.82, 2.24) is 4.90 Å². The fourth-order valence-corrected chi connectivity index (χ4v) is 3.15. The van der Waals surface area contributed by atoms with Crippen LogP contribution in [0.25, 0.3) is 0 Å². The molecule has 0 spiro atoms. The molecule has 19 heavy (non-hydrogen) atoms. The van der Waals surface area contributed by atoms with Crippen LogP contribution in [0.3, 0.4) is 0 Å². The Morgan fingerprint density at radius 1 is 1.37 bits per heavy atom. The minimum absolute atomic E-state index is 0.251. The molecule has 2 aliphatic heterocycles. The van der Waals surface area contributed by atoms with Crippen molar-refractivity contribution in [2.45, 2.75) is 19.4 Å². The quantitative estimate of drug-likeness (QED) is 0.814. The van der Waals surface area contributed by atoms with Crippen molar-refractivity contribution in [3.8, 4) is 5.75 Å². The van der Waals surface area contributed by atoms with Gasteiger partial charge in [0.1, 0.15) is 12.4 Å². The summed E-state index contributed by atoms with van der Waals surface area (Å²) < 4.78 is 18.4. The van der Waals surface area contributed by atoms with Crippen LogP contribution in [0.5, 0.6) is 5.75 Å². The van der Waals surface area contributed by atoms with E-state index in [4.69, 9.17) is 4.74 Å². The average Bonchev–Trinajstić information content (AvgIpc) is 2.59. The van der Waals surface area contributed by atoms with Gasteiger partial charge in [-0.1, -0.05) is 12.1 Å². The van der Waals surface area contributed by atoms with Crippen molar-refractivity contribution < 1.29 is 9.13 Å². The van der Waals surface area contributed by atoms with E-state index < -0.39 is 0 Å². The summed E-state index contributed by atoms with van der Waals surface area (Å²) in [5.41, 5.74) is 2.41. The zero-order valence-electron chi connectivity index (χ0n) is 11.4. The Hall–Kier alpha value is -1.29. The minimum atomic E-state index is -0.251. The van der Waals surface area contributed by atoms with Gasteiger partial charge in [0.05, 0.1) is 12.3 Å². The molecule has 0 bridgehead atoms. The van der Waals surface area contributed by atoms with E-state index in [2.05, 4.69) is 34.9 Å². The van der Waals surface area contributed by atoms with Gasteiger partial charge in [-0.3, -0.25) is 4.90 Å². The highest BCUT2D eigenvalue weighted by molar-refractivity contribution is 5.63. The molecule has 1 fully saturated rings. The van der Waals surface area contributed by atoms with Gasteiger partial charge in [-0.25, -0.2) is 4.39 Å². The second-order valence-electron chi connectivity index (χ2n) is 5.40. The summed E-state index contributed by atoms with van der Waals surface area (Å²) in [7, 11) is 0. The summed E-state index contributed by atoms with van der Waals surface area (Å²) in [5, 5.41) is 0. The molecule has 104 valence electrons. The largest absolute Gasteiger partial charge is 0.491 e. The molecule has 2 aliphatic rings. The fourth-order valence-electron chi connectivity index (χ4n) is 3.15. The highest BCUT2D eigenvalue weighted by atomic mass is 19.1. The van der Waals surface area contributed by atoms with Gasteiger partial charge in [-0.15, -0.1) is 0 Å². The lowest BCUT2D eigenvalue weighted by molar-refractivity contribution is 0.195. The number of anilines is 1. The van der Waals surface area contributed by atoms with E-state index in [1.807, 2.05) is 0 Å². The molecule has 0 aliphatic carbocycles. The van der Waals surface area contributed by atoms with Crippen molar-refractivity contribution in [1.29, 1.82) is 0 Å². The molecule has 3 nitrogen and oxygen atoms in total. The van der Waals surface area contributed by atoms with Gasteiger partial charge in [0.25, 0.3) is 0 Å². The van der Waals surface area contributed by atoms with E-state index in [1.165, 1.54) is 11.3 Å². The second-order valence-corrected chi connectivity index (χ2v) is 5.40. The normalized spacial score (nSPS) is 23.3. The summed E-state index contributed by atoms with van der Waals surface area (Å²) in [6, 6.07) is 6.78. The summed E-state index contributed by atoms with van der Waals surface area (Å²) in [5.74, 6) is 1.03. The Morgan fingerprint density at radius 3 is 3.11 bits per heavy atom. The van der Waals surface area contributed by atoms with E-state index in [9.17, 15) is 4.39 Å². The molecule has 1 aromatic rings. The molecule has 4 heteroatoms. The molecule has 2 heterocycles. The lowest BCUT2D eigenvalue weighted by Crippen LogP contribution is -2.53. The van der Waals surface area contributed by atoms with Crippen molar-refractivity contribution >= 4 is 5.69 Å². The number of hydrogen-bond donors (Lipinski definition) is 0. The maximum Gasteiger partial charge on any atom is 0.145 e. The Kier molecular flexibility index (Phi) is 3.60. The summed E-state index contributed by atoms with van der Waals surface area (Å²) in [6.45, 7) is 6.00. The molecule has 0 saturated carbocycles. The van der Waals surface area contributed by atoms with Crippen LogP contribution in [0.15, 0.2) is 18.2 Å². The second kappa shape index (κ2) is 5.37. The first-order valence-corrected chi connectivity index (χ1v) is 7.07. The van der Waals surface area contributed by atoms with E-state index in [0.29, 0.717) is 12.6 Å². The van der Waals surface area contributed by atoms with Crippen molar-refractivity contribution in [2.75, 3.05) is 44.4 Å². The molecule has 0 N–H and O–H groups in total. The number of nitrogens with zero attached hydrogens (tertiary/aromatic N) is 2. The molecular weight excluding hydrogens is 243 g/mol. The van der Waals surface area contributed by atoms with Crippen LogP contribution in [0, 0.1) is 6.92 Å². The van der Waals surface area contributed by atoms with Gasteiger partial charge in [-0.05, 0) is 18.6 Å². The van der Waals surface area contributed by atoms with E-state index in [1.54, 1.807) is 0 Å². The van der Waals surface area contributed by atoms with Crippen LogP contribution in [0.1, 0.15) is 12.0 Å². The number of piperazine rings is 1. The third-order valence-corrected chi connectivity index (χ3v) is 4.17. The van der Waals surface area contributed by atoms with Crippen LogP contribution >= 0.6 is 0 Å². The topological polar surface area (TPSA) is 15.7 Å². The maximum absolute atomic E-state index is 12.5. The average molecular weight is 264 g/mol. The van der Waals surface area contributed by atoms with Gasteiger partial charge in [-0.2, -0.15) is 0 Å². The van der Waals surface area contributed by atoms with Gasteiger partial charge >= 0.3 is 0 Å². The number of hydrogen-bond acceptors (Lipinski definition) is 3. The van der Waals surface area contributed by atoms with Crippen LogP contribution in [0.2, 0.25) is 0 Å². The number of halogens is 1. The van der Waals surface area contributed by atoms with Gasteiger partial charge in [0, 0.05) is 38.6 Å². The van der Waals surface area contributed by atoms with Gasteiger partial charge < -0.3 is 9.64 Å². The van der Waals surface area contributed by atoms with E-state index in [0.717, 1.165) is 38.4 Å². The Morgan fingerprint density at radius 2 is 2.26 bits per heavy atom. The number of benzene rings is 1. The van der Waals surface area contributed by atoms with E-state index >= 15 is 0 Å². The highest BCUT2D eigenvalue weighted by Crippen LogP contribution is 2.36. The lowest BCUT2D eigenvalue weighted by atomic mass is 10.1. The molecule has 1 atom stereocenters. The van der Waals surface area contributed by atoms with Crippen LogP contribution in [0.4, 0.5) is 10.1 Å². The smallest absolute Gasteiger partial charge is 0.145 e. The van der Waals surface area contributed by atoms with Gasteiger partial charge in [0.15, 0.2) is 0 Å². The molecule has 1 saturated heterocycles. The Balaban J connectivity index is 1.86. The zero-order valence-corrected chi connectivity index (χ0v) is 11.4. The number of para-hydroxylation sites is 1. The molecular formula is C15H21FN2O. The Labute approximate surface area is 114 Å². The Bertz CT molecular complexity index is 452. The number of fused-ring (bicyclic) bond motifs is 3. The van der Waals surface area contributed by atoms with Crippen molar-refractivity contribution in [2.24, 2.45) is 0 Å². The predicted molar refractivity (Wildman–Crippen MR) is 74.8 cm³/mol. The lowest BCUT2D eigenvalue weighted by Gasteiger charge is -2.41. The third-order valence-electron chi connectivity index (χ3n) is 4.17. The highest BCUT2D eigenvalue weighted by Gasteiger charge is 2.31. The molecule has 0 aromatic heterocycles. The standard InChI is InChI=1S/C15H21FN2O/c1-12-3-2-4-14-15(12)19-10-5-13-11-17(7-6-16)8-9-18(13)14/h2-4,13H,5-11H2,1H3/t13-/m0/s1. The maximum atomic E-state index is 12.5. The van der Waals surface area contributed by atoms with Crippen LogP contribution in [-0.2, 0) is 0 Å². The van der Waals surface area contributed by atoms with Crippen molar-refractivity contribution in [3.63, 3.8) is 0 Å². The zero-order chi connectivity index (χ0) is 13.2.